The second-order valence-electron chi connectivity index (χ2n) is 9.07. The van der Waals surface area contributed by atoms with Crippen molar-refractivity contribution < 1.29 is 23.6 Å². The van der Waals surface area contributed by atoms with Crippen LogP contribution in [0.2, 0.25) is 0 Å². The monoisotopic (exact) mass is 428 g/mol. The molecule has 4 amide bonds. The van der Waals surface area contributed by atoms with Crippen LogP contribution in [0.1, 0.15) is 59.2 Å². The fourth-order valence-electron chi connectivity index (χ4n) is 5.50. The fourth-order valence-corrected chi connectivity index (χ4v) is 5.50. The van der Waals surface area contributed by atoms with E-state index in [4.69, 9.17) is 0 Å². The zero-order valence-electron chi connectivity index (χ0n) is 17.2. The van der Waals surface area contributed by atoms with E-state index in [1.165, 1.54) is 6.07 Å². The Labute approximate surface area is 179 Å². The largest absolute Gasteiger partial charge is 0.369 e. The molecule has 1 atom stereocenters. The lowest BCUT2D eigenvalue weighted by atomic mass is 9.73. The molecule has 5 rings (SSSR count). The van der Waals surface area contributed by atoms with Gasteiger partial charge in [0, 0.05) is 19.5 Å². The number of halogens is 1. The summed E-state index contributed by atoms with van der Waals surface area (Å²) in [5, 5.41) is 5.55. The highest BCUT2D eigenvalue weighted by Crippen LogP contribution is 2.41. The summed E-state index contributed by atoms with van der Waals surface area (Å²) in [6, 6.07) is 1.54. The Bertz CT molecular complexity index is 982. The van der Waals surface area contributed by atoms with Crippen molar-refractivity contribution in [3.8, 4) is 0 Å². The molecule has 1 aromatic carbocycles. The van der Waals surface area contributed by atoms with Crippen LogP contribution in [0.15, 0.2) is 12.1 Å². The summed E-state index contributed by atoms with van der Waals surface area (Å²) in [6.45, 7) is 3.33. The quantitative estimate of drug-likeness (QED) is 0.687. The summed E-state index contributed by atoms with van der Waals surface area (Å²) < 4.78 is 15.1. The third-order valence-electron chi connectivity index (χ3n) is 7.17. The molecule has 4 aliphatic rings. The molecule has 1 unspecified atom stereocenters. The average molecular weight is 428 g/mol. The molecular weight excluding hydrogens is 403 g/mol. The molecule has 4 heterocycles. The van der Waals surface area contributed by atoms with Crippen LogP contribution in [0.25, 0.3) is 0 Å². The van der Waals surface area contributed by atoms with E-state index in [2.05, 4.69) is 10.6 Å². The van der Waals surface area contributed by atoms with Gasteiger partial charge in [-0.2, -0.15) is 0 Å². The minimum absolute atomic E-state index is 0.0236. The normalized spacial score (nSPS) is 25.8. The maximum absolute atomic E-state index is 15.1. The molecule has 31 heavy (non-hydrogen) atoms. The van der Waals surface area contributed by atoms with Gasteiger partial charge in [0.25, 0.3) is 11.8 Å². The zero-order chi connectivity index (χ0) is 21.8. The van der Waals surface area contributed by atoms with Crippen molar-refractivity contribution in [3.05, 3.63) is 29.1 Å². The summed E-state index contributed by atoms with van der Waals surface area (Å²) in [4.78, 5) is 52.5. The lowest BCUT2D eigenvalue weighted by Crippen LogP contribution is -2.54. The second kappa shape index (κ2) is 7.40. The van der Waals surface area contributed by atoms with Crippen LogP contribution in [0.4, 0.5) is 10.1 Å². The highest BCUT2D eigenvalue weighted by Gasteiger charge is 2.46. The van der Waals surface area contributed by atoms with Crippen molar-refractivity contribution in [1.82, 2.24) is 15.5 Å². The third kappa shape index (κ3) is 3.31. The Hall–Kier alpha value is -2.81. The molecule has 0 aromatic heterocycles. The number of piperidine rings is 3. The van der Waals surface area contributed by atoms with Gasteiger partial charge in [0.2, 0.25) is 11.8 Å². The van der Waals surface area contributed by atoms with Crippen molar-refractivity contribution >= 4 is 29.3 Å². The Morgan fingerprint density at radius 1 is 1.00 bits per heavy atom. The average Bonchev–Trinajstić information content (AvgIpc) is 2.98. The van der Waals surface area contributed by atoms with E-state index >= 15 is 4.39 Å². The number of rotatable bonds is 2. The van der Waals surface area contributed by atoms with E-state index in [1.807, 2.05) is 4.90 Å². The first-order valence-electron chi connectivity index (χ1n) is 10.9. The Morgan fingerprint density at radius 3 is 2.42 bits per heavy atom. The third-order valence-corrected chi connectivity index (χ3v) is 7.17. The van der Waals surface area contributed by atoms with Crippen LogP contribution >= 0.6 is 0 Å². The SMILES string of the molecule is O=C1CCC(N2C(=O)c3cc(F)c(N4CCCC5(CCNCC5)C4)cc3C2=O)C(=O)N1. The van der Waals surface area contributed by atoms with Crippen molar-refractivity contribution in [2.45, 2.75) is 44.6 Å². The standard InChI is InChI=1S/C22H25FN4O4/c23-15-10-13-14(21(31)27(20(13)30)16-2-3-18(28)25-19(16)29)11-17(15)26-9-1-4-22(12-26)5-7-24-8-6-22/h10-11,16,24H,1-9,12H2,(H,25,28,29). The smallest absolute Gasteiger partial charge is 0.262 e. The molecule has 0 bridgehead atoms. The van der Waals surface area contributed by atoms with E-state index in [9.17, 15) is 19.2 Å². The number of amides is 4. The molecule has 164 valence electrons. The van der Waals surface area contributed by atoms with Gasteiger partial charge in [-0.1, -0.05) is 0 Å². The topological polar surface area (TPSA) is 98.8 Å². The van der Waals surface area contributed by atoms with E-state index in [1.54, 1.807) is 0 Å². The van der Waals surface area contributed by atoms with Crippen molar-refractivity contribution in [1.29, 1.82) is 0 Å². The molecular formula is C22H25FN4O4. The first-order valence-corrected chi connectivity index (χ1v) is 10.9. The molecule has 8 nitrogen and oxygen atoms in total. The molecule has 1 aromatic rings. The van der Waals surface area contributed by atoms with Crippen LogP contribution in [-0.4, -0.2) is 60.7 Å². The summed E-state index contributed by atoms with van der Waals surface area (Å²) >= 11 is 0. The number of hydrogen-bond acceptors (Lipinski definition) is 6. The Balaban J connectivity index is 1.44. The van der Waals surface area contributed by atoms with Gasteiger partial charge >= 0.3 is 0 Å². The first-order chi connectivity index (χ1) is 14.9. The molecule has 2 N–H and O–H groups in total. The molecule has 0 aliphatic carbocycles. The zero-order valence-corrected chi connectivity index (χ0v) is 17.2. The van der Waals surface area contributed by atoms with Crippen molar-refractivity contribution in [2.24, 2.45) is 5.41 Å². The maximum Gasteiger partial charge on any atom is 0.262 e. The maximum atomic E-state index is 15.1. The van der Waals surface area contributed by atoms with E-state index in [0.717, 1.165) is 56.3 Å². The second-order valence-corrected chi connectivity index (χ2v) is 9.07. The van der Waals surface area contributed by atoms with Gasteiger partial charge in [-0.15, -0.1) is 0 Å². The molecule has 4 aliphatic heterocycles. The summed E-state index contributed by atoms with van der Waals surface area (Å²) in [5.74, 6) is -2.92. The molecule has 1 spiro atoms. The number of nitrogens with zero attached hydrogens (tertiary/aromatic N) is 2. The number of anilines is 1. The lowest BCUT2D eigenvalue weighted by molar-refractivity contribution is -0.136. The summed E-state index contributed by atoms with van der Waals surface area (Å²) in [5.41, 5.74) is 0.580. The molecule has 3 saturated heterocycles. The van der Waals surface area contributed by atoms with Gasteiger partial charge in [0.1, 0.15) is 11.9 Å². The van der Waals surface area contributed by atoms with Gasteiger partial charge < -0.3 is 10.2 Å². The van der Waals surface area contributed by atoms with Crippen LogP contribution < -0.4 is 15.5 Å². The number of carbonyl (C=O) groups is 4. The van der Waals surface area contributed by atoms with Crippen LogP contribution in [0, 0.1) is 11.2 Å². The number of hydrogen-bond donors (Lipinski definition) is 2. The van der Waals surface area contributed by atoms with Gasteiger partial charge in [-0.3, -0.25) is 29.4 Å². The minimum atomic E-state index is -1.05. The lowest BCUT2D eigenvalue weighted by Gasteiger charge is -2.46. The number of fused-ring (bicyclic) bond motifs is 1. The van der Waals surface area contributed by atoms with Crippen molar-refractivity contribution in [2.75, 3.05) is 31.1 Å². The first kappa shape index (κ1) is 20.1. The Kier molecular flexibility index (Phi) is 4.80. The fraction of sp³-hybridized carbons (Fsp3) is 0.545. The van der Waals surface area contributed by atoms with Gasteiger partial charge in [0.15, 0.2) is 0 Å². The van der Waals surface area contributed by atoms with Crippen LogP contribution in [0.5, 0.6) is 0 Å². The molecule has 0 saturated carbocycles. The number of nitrogens with one attached hydrogen (secondary N) is 2. The summed E-state index contributed by atoms with van der Waals surface area (Å²) in [7, 11) is 0. The number of imide groups is 2. The molecule has 3 fully saturated rings. The highest BCUT2D eigenvalue weighted by molar-refractivity contribution is 6.23. The Morgan fingerprint density at radius 2 is 1.71 bits per heavy atom. The molecule has 9 heteroatoms. The highest BCUT2D eigenvalue weighted by atomic mass is 19.1. The van der Waals surface area contributed by atoms with Gasteiger partial charge in [0.05, 0.1) is 16.8 Å². The minimum Gasteiger partial charge on any atom is -0.369 e. The van der Waals surface area contributed by atoms with E-state index in [-0.39, 0.29) is 29.4 Å². The molecule has 0 radical (unpaired) electrons. The number of benzene rings is 1. The van der Waals surface area contributed by atoms with Crippen LogP contribution in [-0.2, 0) is 9.59 Å². The predicted molar refractivity (Wildman–Crippen MR) is 109 cm³/mol. The summed E-state index contributed by atoms with van der Waals surface area (Å²) in [6.07, 6.45) is 4.26. The number of carbonyl (C=O) groups excluding carboxylic acids is 4. The van der Waals surface area contributed by atoms with Crippen molar-refractivity contribution in [3.63, 3.8) is 0 Å². The van der Waals surface area contributed by atoms with E-state index < -0.39 is 35.5 Å². The van der Waals surface area contributed by atoms with Gasteiger partial charge in [-0.25, -0.2) is 4.39 Å². The predicted octanol–water partition coefficient (Wildman–Crippen LogP) is 1.20. The van der Waals surface area contributed by atoms with Gasteiger partial charge in [-0.05, 0) is 62.7 Å². The van der Waals surface area contributed by atoms with E-state index in [0.29, 0.717) is 12.2 Å². The van der Waals surface area contributed by atoms with Crippen LogP contribution in [0.3, 0.4) is 0 Å².